The van der Waals surface area contributed by atoms with Crippen LogP contribution in [0, 0.1) is 10.1 Å². The maximum Gasteiger partial charge on any atom is 0.375 e. The second kappa shape index (κ2) is 4.24. The van der Waals surface area contributed by atoms with Crippen molar-refractivity contribution in [2.45, 2.75) is 0 Å². The summed E-state index contributed by atoms with van der Waals surface area (Å²) in [4.78, 5) is 34.7. The number of amides is 2. The van der Waals surface area contributed by atoms with Crippen molar-refractivity contribution in [2.24, 2.45) is 5.10 Å². The molecule has 0 aliphatic carbocycles. The van der Waals surface area contributed by atoms with Gasteiger partial charge in [0.15, 0.2) is 5.03 Å². The highest BCUT2D eigenvalue weighted by Gasteiger charge is 2.40. The smallest absolute Gasteiger partial charge is 0.375 e. The van der Waals surface area contributed by atoms with E-state index in [4.69, 9.17) is 0 Å². The summed E-state index contributed by atoms with van der Waals surface area (Å²) in [6.45, 7) is 0. The van der Waals surface area contributed by atoms with Crippen molar-refractivity contribution in [1.82, 2.24) is 4.90 Å². The minimum atomic E-state index is -1.04. The van der Waals surface area contributed by atoms with Crippen LogP contribution in [0.25, 0.3) is 0 Å². The van der Waals surface area contributed by atoms with Crippen molar-refractivity contribution in [1.29, 1.82) is 0 Å². The maximum absolute atomic E-state index is 11.9. The van der Waals surface area contributed by atoms with E-state index < -0.39 is 22.9 Å². The van der Waals surface area contributed by atoms with Gasteiger partial charge in [0.25, 0.3) is 11.8 Å². The molecule has 2 rings (SSSR count). The van der Waals surface area contributed by atoms with Crippen LogP contribution in [0.5, 0.6) is 0 Å². The molecule has 1 aromatic carbocycles. The first kappa shape index (κ1) is 11.7. The fraction of sp³-hybridized carbons (Fsp3) is 0.100. The fourth-order valence-electron chi connectivity index (χ4n) is 1.61. The number of hydrogen-bond acceptors (Lipinski definition) is 5. The average molecular weight is 249 g/mol. The Kier molecular flexibility index (Phi) is 2.76. The van der Waals surface area contributed by atoms with Crippen molar-refractivity contribution in [3.63, 3.8) is 0 Å². The molecule has 0 bridgehead atoms. The average Bonchev–Trinajstić information content (AvgIpc) is 2.60. The Morgan fingerprint density at radius 3 is 2.17 bits per heavy atom. The molecule has 2 amide bonds. The van der Waals surface area contributed by atoms with E-state index in [2.05, 4.69) is 9.84 Å². The largest absolute Gasteiger partial charge is 0.464 e. The molecule has 18 heavy (non-hydrogen) atoms. The number of benzene rings is 1. The first-order chi connectivity index (χ1) is 8.56. The molecule has 0 fully saturated rings. The maximum atomic E-state index is 11.9. The highest BCUT2D eigenvalue weighted by atomic mass is 16.7. The quantitative estimate of drug-likeness (QED) is 0.237. The molecule has 0 saturated heterocycles. The van der Waals surface area contributed by atoms with E-state index in [1.807, 2.05) is 0 Å². The Hall–Kier alpha value is -2.77. The summed E-state index contributed by atoms with van der Waals surface area (Å²) in [5.74, 6) is -1.39. The number of hydrogen-bond donors (Lipinski definition) is 0. The van der Waals surface area contributed by atoms with Gasteiger partial charge in [0.2, 0.25) is 0 Å². The highest BCUT2D eigenvalue weighted by Crippen LogP contribution is 2.22. The SMILES string of the molecule is CO/C(=N/[N+](=O)[O-])N1C(=O)c2ccccc2C1=O. The molecule has 1 aliphatic rings. The Labute approximate surface area is 101 Å². The summed E-state index contributed by atoms with van der Waals surface area (Å²) < 4.78 is 4.61. The van der Waals surface area contributed by atoms with E-state index in [9.17, 15) is 19.7 Å². The van der Waals surface area contributed by atoms with Crippen LogP contribution in [0.15, 0.2) is 29.4 Å². The first-order valence-electron chi connectivity index (χ1n) is 4.81. The van der Waals surface area contributed by atoms with Crippen LogP contribution in [0.1, 0.15) is 20.7 Å². The van der Waals surface area contributed by atoms with Gasteiger partial charge in [-0.05, 0) is 12.1 Å². The third kappa shape index (κ3) is 1.69. The molecule has 1 aliphatic heterocycles. The number of hydrazone groups is 1. The van der Waals surface area contributed by atoms with Crippen LogP contribution in [-0.4, -0.2) is 34.9 Å². The molecule has 0 saturated carbocycles. The number of ether oxygens (including phenoxy) is 1. The van der Waals surface area contributed by atoms with Crippen LogP contribution in [0.3, 0.4) is 0 Å². The lowest BCUT2D eigenvalue weighted by atomic mass is 10.1. The summed E-state index contributed by atoms with van der Waals surface area (Å²) >= 11 is 0. The first-order valence-corrected chi connectivity index (χ1v) is 4.81. The van der Waals surface area contributed by atoms with E-state index >= 15 is 0 Å². The number of rotatable bonds is 1. The monoisotopic (exact) mass is 249 g/mol. The molecule has 1 aromatic rings. The number of imide groups is 1. The van der Waals surface area contributed by atoms with Crippen molar-refractivity contribution in [3.8, 4) is 0 Å². The van der Waals surface area contributed by atoms with Gasteiger partial charge in [0.1, 0.15) is 5.10 Å². The minimum Gasteiger partial charge on any atom is -0.464 e. The van der Waals surface area contributed by atoms with Gasteiger partial charge in [0, 0.05) is 0 Å². The van der Waals surface area contributed by atoms with E-state index in [0.717, 1.165) is 7.11 Å². The zero-order chi connectivity index (χ0) is 13.3. The van der Waals surface area contributed by atoms with E-state index in [1.165, 1.54) is 12.1 Å². The van der Waals surface area contributed by atoms with Gasteiger partial charge in [-0.1, -0.05) is 12.1 Å². The van der Waals surface area contributed by atoms with Gasteiger partial charge < -0.3 is 4.74 Å². The van der Waals surface area contributed by atoms with Gasteiger partial charge in [-0.3, -0.25) is 9.59 Å². The standard InChI is InChI=1S/C10H7N3O5/c1-18-10(11-13(16)17)12-8(14)6-4-2-3-5-7(6)9(12)15/h2-5H,1H3/b11-10+. The predicted octanol–water partition coefficient (Wildman–Crippen LogP) is 0.477. The summed E-state index contributed by atoms with van der Waals surface area (Å²) in [5.41, 5.74) is 0.325. The molecule has 0 N–H and O–H groups in total. The van der Waals surface area contributed by atoms with Crippen LogP contribution in [-0.2, 0) is 4.74 Å². The number of amidine groups is 1. The number of nitrogens with zero attached hydrogens (tertiary/aromatic N) is 3. The van der Waals surface area contributed by atoms with Gasteiger partial charge in [0.05, 0.1) is 18.2 Å². The lowest BCUT2D eigenvalue weighted by Gasteiger charge is -2.11. The lowest BCUT2D eigenvalue weighted by Crippen LogP contribution is -2.37. The highest BCUT2D eigenvalue weighted by molar-refractivity contribution is 6.28. The van der Waals surface area contributed by atoms with Crippen LogP contribution < -0.4 is 0 Å². The number of fused-ring (bicyclic) bond motifs is 1. The molecule has 0 atom stereocenters. The van der Waals surface area contributed by atoms with Crippen molar-refractivity contribution >= 4 is 17.8 Å². The fourth-order valence-corrected chi connectivity index (χ4v) is 1.61. The van der Waals surface area contributed by atoms with Crippen molar-refractivity contribution in [3.05, 3.63) is 45.5 Å². The number of carbonyl (C=O) groups is 2. The number of methoxy groups -OCH3 is 1. The normalized spacial score (nSPS) is 14.7. The molecule has 0 radical (unpaired) electrons. The van der Waals surface area contributed by atoms with Gasteiger partial charge in [-0.2, -0.15) is 4.90 Å². The Bertz CT molecular complexity index is 546. The van der Waals surface area contributed by atoms with E-state index in [-0.39, 0.29) is 11.1 Å². The lowest BCUT2D eigenvalue weighted by molar-refractivity contribution is -0.486. The summed E-state index contributed by atoms with van der Waals surface area (Å²) in [7, 11) is 1.09. The predicted molar refractivity (Wildman–Crippen MR) is 58.4 cm³/mol. The molecule has 0 spiro atoms. The number of nitro groups is 1. The molecule has 1 heterocycles. The molecule has 0 aromatic heterocycles. The van der Waals surface area contributed by atoms with Crippen LogP contribution in [0.2, 0.25) is 0 Å². The van der Waals surface area contributed by atoms with Crippen LogP contribution in [0.4, 0.5) is 0 Å². The zero-order valence-electron chi connectivity index (χ0n) is 9.19. The van der Waals surface area contributed by atoms with Gasteiger partial charge >= 0.3 is 6.02 Å². The van der Waals surface area contributed by atoms with Crippen LogP contribution >= 0.6 is 0 Å². The Morgan fingerprint density at radius 1 is 1.28 bits per heavy atom. The molecule has 8 nitrogen and oxygen atoms in total. The van der Waals surface area contributed by atoms with Gasteiger partial charge in [-0.25, -0.2) is 10.1 Å². The molecule has 0 unspecified atom stereocenters. The third-order valence-electron chi connectivity index (χ3n) is 2.34. The zero-order valence-corrected chi connectivity index (χ0v) is 9.19. The molecule has 8 heteroatoms. The van der Waals surface area contributed by atoms with Crippen molar-refractivity contribution in [2.75, 3.05) is 7.11 Å². The summed E-state index contributed by atoms with van der Waals surface area (Å²) in [6.07, 6.45) is 0. The molecular formula is C10H7N3O5. The third-order valence-corrected chi connectivity index (χ3v) is 2.34. The molecular weight excluding hydrogens is 242 g/mol. The topological polar surface area (TPSA) is 102 Å². The second-order valence-corrected chi connectivity index (χ2v) is 3.32. The van der Waals surface area contributed by atoms with E-state index in [1.54, 1.807) is 12.1 Å². The summed E-state index contributed by atoms with van der Waals surface area (Å²) in [5, 5.41) is 12.1. The molecule has 92 valence electrons. The van der Waals surface area contributed by atoms with Crippen molar-refractivity contribution < 1.29 is 19.4 Å². The Balaban J connectivity index is 2.48. The van der Waals surface area contributed by atoms with Gasteiger partial charge in [-0.15, -0.1) is 0 Å². The number of carbonyl (C=O) groups excluding carboxylic acids is 2. The minimum absolute atomic E-state index is 0.163. The second-order valence-electron chi connectivity index (χ2n) is 3.32. The summed E-state index contributed by atoms with van der Waals surface area (Å²) in [6, 6.07) is 5.42. The Morgan fingerprint density at radius 2 is 1.78 bits per heavy atom. The van der Waals surface area contributed by atoms with E-state index in [0.29, 0.717) is 4.90 Å².